The van der Waals surface area contributed by atoms with Crippen LogP contribution >= 0.6 is 8.69 Å². The number of hydrogen-bond acceptors (Lipinski definition) is 3. The van der Waals surface area contributed by atoms with Gasteiger partial charge in [-0.1, -0.05) is 23.3 Å². The Morgan fingerprint density at radius 2 is 2.15 bits per heavy atom. The molecule has 0 amide bonds. The van der Waals surface area contributed by atoms with E-state index in [4.69, 9.17) is 0 Å². The highest BCUT2D eigenvalue weighted by atomic mass is 31.1. The van der Waals surface area contributed by atoms with Gasteiger partial charge in [0.25, 0.3) is 0 Å². The lowest BCUT2D eigenvalue weighted by Gasteiger charge is -1.93. The van der Waals surface area contributed by atoms with Gasteiger partial charge in [0, 0.05) is 0 Å². The van der Waals surface area contributed by atoms with Crippen molar-refractivity contribution in [2.75, 3.05) is 5.43 Å². The van der Waals surface area contributed by atoms with Crippen LogP contribution in [0.3, 0.4) is 0 Å². The van der Waals surface area contributed by atoms with Crippen molar-refractivity contribution in [1.82, 2.24) is 0 Å². The number of hydrogen-bond donors (Lipinski definition) is 2. The van der Waals surface area contributed by atoms with E-state index in [0.717, 1.165) is 5.69 Å². The van der Waals surface area contributed by atoms with Crippen LogP contribution in [0.4, 0.5) is 5.69 Å². The van der Waals surface area contributed by atoms with Crippen molar-refractivity contribution in [1.29, 1.82) is 0 Å². The van der Waals surface area contributed by atoms with Gasteiger partial charge < -0.3 is 4.52 Å². The van der Waals surface area contributed by atoms with Crippen molar-refractivity contribution in [3.8, 4) is 0 Å². The summed E-state index contributed by atoms with van der Waals surface area (Å²) in [7, 11) is -0.364. The molecule has 0 aliphatic carbocycles. The molecular formula is C8H10N2O2P+. The number of para-hydroxylation sites is 1. The van der Waals surface area contributed by atoms with Gasteiger partial charge in [-0.15, -0.1) is 0 Å². The minimum atomic E-state index is -0.364. The Labute approximate surface area is 77.9 Å². The molecule has 1 aromatic carbocycles. The van der Waals surface area contributed by atoms with Crippen LogP contribution in [-0.2, 0) is 9.09 Å². The second kappa shape index (κ2) is 5.27. The first-order valence-electron chi connectivity index (χ1n) is 3.73. The van der Waals surface area contributed by atoms with Crippen molar-refractivity contribution in [3.05, 3.63) is 30.3 Å². The first-order chi connectivity index (χ1) is 6.33. The van der Waals surface area contributed by atoms with Crippen LogP contribution in [0.2, 0.25) is 0 Å². The largest absolute Gasteiger partial charge is 0.400 e. The lowest BCUT2D eigenvalue weighted by atomic mass is 10.3. The number of anilines is 1. The minimum absolute atomic E-state index is 0.364. The normalized spacial score (nSPS) is 11.3. The lowest BCUT2D eigenvalue weighted by Crippen LogP contribution is -2.77. The molecule has 68 valence electrons. The Kier molecular flexibility index (Phi) is 3.93. The standard InChI is InChI=1S/C8H9N2O2P/c1-7(12-13-11)9-10-8-5-3-2-4-6-8/h2-6,10H,1H3/p+1. The monoisotopic (exact) mass is 197 g/mol. The number of nitrogens with one attached hydrogen (secondary N) is 2. The van der Waals surface area contributed by atoms with Crippen LogP contribution in [0.25, 0.3) is 0 Å². The summed E-state index contributed by atoms with van der Waals surface area (Å²) in [5.41, 5.74) is 3.78. The zero-order chi connectivity index (χ0) is 9.52. The Bertz CT molecular complexity index is 300. The molecule has 2 N–H and O–H groups in total. The van der Waals surface area contributed by atoms with Crippen molar-refractivity contribution in [3.63, 3.8) is 0 Å². The SMILES string of the molecule is CC(=[NH+]Nc1ccccc1)OP=O. The number of hydrazine groups is 1. The Morgan fingerprint density at radius 3 is 2.77 bits per heavy atom. The zero-order valence-electron chi connectivity index (χ0n) is 7.15. The van der Waals surface area contributed by atoms with E-state index >= 15 is 0 Å². The molecule has 0 saturated carbocycles. The summed E-state index contributed by atoms with van der Waals surface area (Å²) in [6, 6.07) is 9.54. The van der Waals surface area contributed by atoms with E-state index in [1.807, 2.05) is 30.3 Å². The molecule has 0 radical (unpaired) electrons. The quantitative estimate of drug-likeness (QED) is 0.325. The predicted molar refractivity (Wildman–Crippen MR) is 50.4 cm³/mol. The molecule has 0 aromatic heterocycles. The molecular weight excluding hydrogens is 187 g/mol. The molecule has 1 aromatic rings. The molecule has 5 heteroatoms. The summed E-state index contributed by atoms with van der Waals surface area (Å²) in [6.07, 6.45) is 0. The van der Waals surface area contributed by atoms with Gasteiger partial charge in [-0.05, 0) is 12.1 Å². The molecule has 1 rings (SSSR count). The summed E-state index contributed by atoms with van der Waals surface area (Å²) >= 11 is 0. The molecule has 0 heterocycles. The van der Waals surface area contributed by atoms with E-state index in [2.05, 4.69) is 15.1 Å². The first-order valence-corrected chi connectivity index (χ1v) is 4.46. The molecule has 4 nitrogen and oxygen atoms in total. The van der Waals surface area contributed by atoms with Gasteiger partial charge in [-0.25, -0.2) is 4.57 Å². The zero-order valence-corrected chi connectivity index (χ0v) is 8.04. The molecule has 0 saturated heterocycles. The predicted octanol–water partition coefficient (Wildman–Crippen LogP) is 0.736. The summed E-state index contributed by atoms with van der Waals surface area (Å²) in [5.74, 6) is 0.445. The maximum absolute atomic E-state index is 10.0. The number of hydrazone groups is 1. The average molecular weight is 197 g/mol. The second-order valence-electron chi connectivity index (χ2n) is 2.34. The van der Waals surface area contributed by atoms with Gasteiger partial charge >= 0.3 is 14.6 Å². The van der Waals surface area contributed by atoms with E-state index in [0.29, 0.717) is 5.90 Å². The van der Waals surface area contributed by atoms with Crippen LogP contribution in [-0.4, -0.2) is 5.90 Å². The molecule has 0 fully saturated rings. The molecule has 0 aliphatic heterocycles. The first kappa shape index (κ1) is 9.68. The summed E-state index contributed by atoms with van der Waals surface area (Å²) in [6.45, 7) is 1.67. The fraction of sp³-hybridized carbons (Fsp3) is 0.125. The summed E-state index contributed by atoms with van der Waals surface area (Å²) in [4.78, 5) is 0. The van der Waals surface area contributed by atoms with Gasteiger partial charge in [0.15, 0.2) is 0 Å². The van der Waals surface area contributed by atoms with Crippen LogP contribution in [0.1, 0.15) is 6.92 Å². The van der Waals surface area contributed by atoms with Crippen molar-refractivity contribution >= 4 is 20.3 Å². The maximum Gasteiger partial charge on any atom is 0.400 e. The van der Waals surface area contributed by atoms with E-state index < -0.39 is 0 Å². The van der Waals surface area contributed by atoms with Crippen LogP contribution in [0.5, 0.6) is 0 Å². The Morgan fingerprint density at radius 1 is 1.46 bits per heavy atom. The van der Waals surface area contributed by atoms with Gasteiger partial charge in [-0.2, -0.15) is 5.43 Å². The molecule has 0 bridgehead atoms. The molecule has 13 heavy (non-hydrogen) atoms. The molecule has 0 atom stereocenters. The van der Waals surface area contributed by atoms with E-state index in [9.17, 15) is 4.57 Å². The van der Waals surface area contributed by atoms with Crippen LogP contribution in [0, 0.1) is 0 Å². The minimum Gasteiger partial charge on any atom is -0.352 e. The third-order valence-electron chi connectivity index (χ3n) is 1.33. The fourth-order valence-electron chi connectivity index (χ4n) is 0.760. The van der Waals surface area contributed by atoms with Gasteiger partial charge in [-0.3, -0.25) is 0 Å². The third-order valence-corrected chi connectivity index (χ3v) is 1.68. The highest BCUT2D eigenvalue weighted by Gasteiger charge is 1.97. The smallest absolute Gasteiger partial charge is 0.352 e. The number of benzene rings is 1. The van der Waals surface area contributed by atoms with Gasteiger partial charge in [0.1, 0.15) is 0 Å². The summed E-state index contributed by atoms with van der Waals surface area (Å²) < 4.78 is 14.6. The second-order valence-corrected chi connectivity index (χ2v) is 2.67. The Balaban J connectivity index is 2.51. The molecule has 0 spiro atoms. The fourth-order valence-corrected chi connectivity index (χ4v) is 0.918. The Hall–Kier alpha value is -1.41. The summed E-state index contributed by atoms with van der Waals surface area (Å²) in [5, 5.41) is 2.74. The van der Waals surface area contributed by atoms with Crippen LogP contribution < -0.4 is 10.5 Å². The lowest BCUT2D eigenvalue weighted by molar-refractivity contribution is -0.428. The third kappa shape index (κ3) is 3.67. The van der Waals surface area contributed by atoms with Crippen molar-refractivity contribution in [2.45, 2.75) is 6.92 Å². The van der Waals surface area contributed by atoms with Crippen LogP contribution in [0.15, 0.2) is 30.3 Å². The highest BCUT2D eigenvalue weighted by molar-refractivity contribution is 7.18. The van der Waals surface area contributed by atoms with Gasteiger partial charge in [0.2, 0.25) is 0 Å². The highest BCUT2D eigenvalue weighted by Crippen LogP contribution is 2.00. The molecule has 0 aliphatic rings. The topological polar surface area (TPSA) is 52.3 Å². The van der Waals surface area contributed by atoms with Crippen molar-refractivity contribution in [2.24, 2.45) is 0 Å². The molecule has 0 unspecified atom stereocenters. The number of rotatable bonds is 3. The van der Waals surface area contributed by atoms with Crippen molar-refractivity contribution < 1.29 is 14.2 Å². The maximum atomic E-state index is 10.0. The van der Waals surface area contributed by atoms with Gasteiger partial charge in [0.05, 0.1) is 12.6 Å². The van der Waals surface area contributed by atoms with E-state index in [1.54, 1.807) is 6.92 Å². The average Bonchev–Trinajstić information content (AvgIpc) is 2.17. The van der Waals surface area contributed by atoms with E-state index in [1.165, 1.54) is 0 Å². The van der Waals surface area contributed by atoms with E-state index in [-0.39, 0.29) is 8.69 Å².